The molecule has 1 saturated heterocycles. The third kappa shape index (κ3) is 4.04. The van der Waals surface area contributed by atoms with Gasteiger partial charge >= 0.3 is 0 Å². The first-order valence-electron chi connectivity index (χ1n) is 10.4. The smallest absolute Gasteiger partial charge is 0.233 e. The maximum Gasteiger partial charge on any atom is 0.233 e. The number of benzene rings is 2. The molecule has 29 heavy (non-hydrogen) atoms. The van der Waals surface area contributed by atoms with E-state index >= 15 is 0 Å². The number of para-hydroxylation sites is 2. The monoisotopic (exact) mass is 395 g/mol. The normalized spacial score (nSPS) is 19.7. The van der Waals surface area contributed by atoms with Crippen LogP contribution in [0.25, 0.3) is 0 Å². The number of amides is 1. The van der Waals surface area contributed by atoms with Gasteiger partial charge in [0.15, 0.2) is 11.5 Å². The topological polar surface area (TPSA) is 48.0 Å². The zero-order valence-electron chi connectivity index (χ0n) is 17.2. The minimum absolute atomic E-state index is 0.288. The number of carbonyl (C=O) groups is 1. The van der Waals surface area contributed by atoms with Gasteiger partial charge in [0.2, 0.25) is 5.91 Å². The molecule has 2 fully saturated rings. The molecule has 0 N–H and O–H groups in total. The molecule has 1 saturated carbocycles. The molecule has 4 rings (SSSR count). The summed E-state index contributed by atoms with van der Waals surface area (Å²) in [5.74, 6) is 3.13. The average molecular weight is 395 g/mol. The fourth-order valence-electron chi connectivity index (χ4n) is 4.29. The Kier molecular flexibility index (Phi) is 5.65. The largest absolute Gasteiger partial charge is 0.497 e. The molecule has 1 unspecified atom stereocenters. The SMILES string of the molecule is COc1ccc(C2(C(=O)N3CCC(CCOc4ccccc4OC)C3)CC2)cc1. The van der Waals surface area contributed by atoms with Crippen molar-refractivity contribution in [2.45, 2.75) is 31.1 Å². The Bertz CT molecular complexity index is 844. The van der Waals surface area contributed by atoms with Crippen LogP contribution in [0.2, 0.25) is 0 Å². The summed E-state index contributed by atoms with van der Waals surface area (Å²) in [5, 5.41) is 0. The number of carbonyl (C=O) groups excluding carboxylic acids is 1. The van der Waals surface area contributed by atoms with E-state index in [1.165, 1.54) is 0 Å². The molecule has 1 aliphatic carbocycles. The molecule has 1 heterocycles. The Balaban J connectivity index is 1.30. The number of hydrogen-bond acceptors (Lipinski definition) is 4. The first-order valence-corrected chi connectivity index (χ1v) is 10.4. The van der Waals surface area contributed by atoms with Gasteiger partial charge in [-0.05, 0) is 61.4 Å². The standard InChI is InChI=1S/C24H29NO4/c1-27-20-9-7-19(8-10-20)24(13-14-24)23(26)25-15-11-18(17-25)12-16-29-22-6-4-3-5-21(22)28-2/h3-10,18H,11-17H2,1-2H3. The number of methoxy groups -OCH3 is 2. The summed E-state index contributed by atoms with van der Waals surface area (Å²) in [6.07, 6.45) is 3.86. The quantitative estimate of drug-likeness (QED) is 0.677. The van der Waals surface area contributed by atoms with Crippen LogP contribution in [0.4, 0.5) is 0 Å². The number of ether oxygens (including phenoxy) is 3. The number of rotatable bonds is 8. The summed E-state index contributed by atoms with van der Waals surface area (Å²) in [7, 11) is 3.31. The van der Waals surface area contributed by atoms with Gasteiger partial charge in [0, 0.05) is 13.1 Å². The molecule has 2 aromatic rings. The zero-order valence-corrected chi connectivity index (χ0v) is 17.2. The number of nitrogens with zero attached hydrogens (tertiary/aromatic N) is 1. The zero-order chi connectivity index (χ0) is 20.3. The first-order chi connectivity index (χ1) is 14.2. The molecule has 2 aromatic carbocycles. The molecule has 0 spiro atoms. The van der Waals surface area contributed by atoms with E-state index in [-0.39, 0.29) is 11.3 Å². The Morgan fingerprint density at radius 1 is 1.03 bits per heavy atom. The van der Waals surface area contributed by atoms with Crippen molar-refractivity contribution in [1.29, 1.82) is 0 Å². The van der Waals surface area contributed by atoms with E-state index in [9.17, 15) is 4.79 Å². The Morgan fingerprint density at radius 3 is 2.41 bits per heavy atom. The minimum atomic E-state index is -0.310. The number of likely N-dealkylation sites (tertiary alicyclic amines) is 1. The van der Waals surface area contributed by atoms with E-state index in [1.54, 1.807) is 14.2 Å². The fourth-order valence-corrected chi connectivity index (χ4v) is 4.29. The molecule has 154 valence electrons. The van der Waals surface area contributed by atoms with E-state index in [2.05, 4.69) is 4.90 Å². The van der Waals surface area contributed by atoms with Crippen LogP contribution in [-0.2, 0) is 10.2 Å². The lowest BCUT2D eigenvalue weighted by atomic mass is 9.94. The molecular weight excluding hydrogens is 366 g/mol. The van der Waals surface area contributed by atoms with Crippen molar-refractivity contribution in [2.24, 2.45) is 5.92 Å². The molecule has 2 aliphatic rings. The summed E-state index contributed by atoms with van der Waals surface area (Å²) in [4.78, 5) is 15.3. The van der Waals surface area contributed by atoms with Crippen molar-refractivity contribution in [3.8, 4) is 17.2 Å². The Morgan fingerprint density at radius 2 is 1.76 bits per heavy atom. The van der Waals surface area contributed by atoms with Crippen molar-refractivity contribution in [1.82, 2.24) is 4.90 Å². The van der Waals surface area contributed by atoms with Crippen molar-refractivity contribution in [3.63, 3.8) is 0 Å². The lowest BCUT2D eigenvalue weighted by molar-refractivity contribution is -0.133. The predicted octanol–water partition coefficient (Wildman–Crippen LogP) is 4.05. The van der Waals surface area contributed by atoms with Gasteiger partial charge in [0.05, 0.1) is 26.2 Å². The molecule has 5 nitrogen and oxygen atoms in total. The molecule has 5 heteroatoms. The maximum atomic E-state index is 13.3. The Labute approximate surface area is 172 Å². The molecule has 1 atom stereocenters. The third-order valence-electron chi connectivity index (χ3n) is 6.23. The van der Waals surface area contributed by atoms with Gasteiger partial charge < -0.3 is 19.1 Å². The van der Waals surface area contributed by atoms with Crippen molar-refractivity contribution in [2.75, 3.05) is 33.9 Å². The van der Waals surface area contributed by atoms with Gasteiger partial charge in [-0.15, -0.1) is 0 Å². The van der Waals surface area contributed by atoms with Crippen LogP contribution in [0.5, 0.6) is 17.2 Å². The second-order valence-electron chi connectivity index (χ2n) is 8.00. The van der Waals surface area contributed by atoms with Crippen molar-refractivity contribution >= 4 is 5.91 Å². The first kappa shape index (κ1) is 19.6. The van der Waals surface area contributed by atoms with E-state index in [1.807, 2.05) is 48.5 Å². The van der Waals surface area contributed by atoms with Crippen molar-refractivity contribution < 1.29 is 19.0 Å². The van der Waals surface area contributed by atoms with E-state index < -0.39 is 0 Å². The molecule has 1 amide bonds. The predicted molar refractivity (Wildman–Crippen MR) is 112 cm³/mol. The summed E-state index contributed by atoms with van der Waals surface area (Å²) < 4.78 is 16.5. The minimum Gasteiger partial charge on any atom is -0.497 e. The maximum absolute atomic E-state index is 13.3. The second-order valence-corrected chi connectivity index (χ2v) is 8.00. The van der Waals surface area contributed by atoms with E-state index in [0.29, 0.717) is 12.5 Å². The Hall–Kier alpha value is -2.69. The molecule has 0 bridgehead atoms. The lowest BCUT2D eigenvalue weighted by Gasteiger charge is -2.24. The highest BCUT2D eigenvalue weighted by Crippen LogP contribution is 2.50. The molecule has 0 aromatic heterocycles. The van der Waals surface area contributed by atoms with E-state index in [0.717, 1.165) is 61.6 Å². The highest BCUT2D eigenvalue weighted by atomic mass is 16.5. The van der Waals surface area contributed by atoms with Gasteiger partial charge in [0.1, 0.15) is 5.75 Å². The van der Waals surface area contributed by atoms with Crippen LogP contribution in [0.1, 0.15) is 31.2 Å². The van der Waals surface area contributed by atoms with Gasteiger partial charge in [-0.25, -0.2) is 0 Å². The van der Waals surface area contributed by atoms with Gasteiger partial charge in [-0.1, -0.05) is 24.3 Å². The molecular formula is C24H29NO4. The lowest BCUT2D eigenvalue weighted by Crippen LogP contribution is -2.37. The van der Waals surface area contributed by atoms with Crippen LogP contribution in [-0.4, -0.2) is 44.7 Å². The summed E-state index contributed by atoms with van der Waals surface area (Å²) in [6, 6.07) is 15.7. The highest BCUT2D eigenvalue weighted by Gasteiger charge is 2.53. The number of hydrogen-bond donors (Lipinski definition) is 0. The van der Waals surface area contributed by atoms with E-state index in [4.69, 9.17) is 14.2 Å². The fraction of sp³-hybridized carbons (Fsp3) is 0.458. The summed E-state index contributed by atoms with van der Waals surface area (Å²) in [5.41, 5.74) is 0.806. The van der Waals surface area contributed by atoms with Crippen LogP contribution >= 0.6 is 0 Å². The van der Waals surface area contributed by atoms with Crippen LogP contribution in [0.15, 0.2) is 48.5 Å². The summed E-state index contributed by atoms with van der Waals surface area (Å²) >= 11 is 0. The molecule has 0 radical (unpaired) electrons. The summed E-state index contributed by atoms with van der Waals surface area (Å²) in [6.45, 7) is 2.30. The van der Waals surface area contributed by atoms with Gasteiger partial charge in [-0.2, -0.15) is 0 Å². The van der Waals surface area contributed by atoms with Gasteiger partial charge in [-0.3, -0.25) is 4.79 Å². The van der Waals surface area contributed by atoms with Crippen LogP contribution < -0.4 is 14.2 Å². The van der Waals surface area contributed by atoms with Crippen LogP contribution in [0.3, 0.4) is 0 Å². The third-order valence-corrected chi connectivity index (χ3v) is 6.23. The average Bonchev–Trinajstić information content (AvgIpc) is 3.45. The molecule has 1 aliphatic heterocycles. The van der Waals surface area contributed by atoms with Crippen molar-refractivity contribution in [3.05, 3.63) is 54.1 Å². The second kappa shape index (κ2) is 8.36. The highest BCUT2D eigenvalue weighted by molar-refractivity contribution is 5.91. The van der Waals surface area contributed by atoms with Crippen LogP contribution in [0, 0.1) is 5.92 Å². The van der Waals surface area contributed by atoms with Gasteiger partial charge in [0.25, 0.3) is 0 Å².